The van der Waals surface area contributed by atoms with Gasteiger partial charge in [0.15, 0.2) is 5.96 Å². The molecule has 1 saturated heterocycles. The number of carbonyl (C=O) groups excluding carboxylic acids is 1. The van der Waals surface area contributed by atoms with Crippen LogP contribution in [-0.4, -0.2) is 74.5 Å². The van der Waals surface area contributed by atoms with Gasteiger partial charge in [-0.15, -0.1) is 0 Å². The van der Waals surface area contributed by atoms with Crippen molar-refractivity contribution in [1.29, 1.82) is 0 Å². The van der Waals surface area contributed by atoms with Gasteiger partial charge in [0.05, 0.1) is 12.6 Å². The number of amides is 1. The van der Waals surface area contributed by atoms with Crippen molar-refractivity contribution in [2.75, 3.05) is 46.8 Å². The molecule has 1 aliphatic carbocycles. The minimum Gasteiger partial charge on any atom is -0.357 e. The maximum Gasteiger partial charge on any atom is 0.239 e. The summed E-state index contributed by atoms with van der Waals surface area (Å²) in [6.45, 7) is 6.48. The van der Waals surface area contributed by atoms with Crippen LogP contribution in [0.5, 0.6) is 0 Å². The average Bonchev–Trinajstić information content (AvgIpc) is 3.38. The van der Waals surface area contributed by atoms with Crippen LogP contribution < -0.4 is 10.6 Å². The van der Waals surface area contributed by atoms with Gasteiger partial charge >= 0.3 is 0 Å². The highest BCUT2D eigenvalue weighted by atomic mass is 35.5. The molecule has 30 heavy (non-hydrogen) atoms. The first-order valence-corrected chi connectivity index (χ1v) is 11.6. The van der Waals surface area contributed by atoms with Gasteiger partial charge in [0.25, 0.3) is 0 Å². The molecule has 1 heterocycles. The van der Waals surface area contributed by atoms with Crippen LogP contribution in [0, 0.1) is 0 Å². The highest BCUT2D eigenvalue weighted by Crippen LogP contribution is 2.48. The summed E-state index contributed by atoms with van der Waals surface area (Å²) in [6.07, 6.45) is 5.38. The molecule has 1 atom stereocenters. The second-order valence-corrected chi connectivity index (χ2v) is 9.13. The van der Waals surface area contributed by atoms with E-state index < -0.39 is 0 Å². The monoisotopic (exact) mass is 433 g/mol. The molecule has 2 fully saturated rings. The predicted molar refractivity (Wildman–Crippen MR) is 124 cm³/mol. The van der Waals surface area contributed by atoms with Crippen LogP contribution in [0.3, 0.4) is 0 Å². The molecule has 7 heteroatoms. The zero-order valence-electron chi connectivity index (χ0n) is 18.6. The minimum atomic E-state index is 0.0503. The van der Waals surface area contributed by atoms with E-state index in [2.05, 4.69) is 34.6 Å². The maximum atomic E-state index is 12.3. The number of likely N-dealkylation sites (tertiary alicyclic amines) is 1. The van der Waals surface area contributed by atoms with Crippen molar-refractivity contribution < 1.29 is 4.79 Å². The Balaban J connectivity index is 1.48. The first kappa shape index (κ1) is 22.9. The zero-order valence-corrected chi connectivity index (χ0v) is 19.3. The molecule has 1 aromatic carbocycles. The van der Waals surface area contributed by atoms with Crippen molar-refractivity contribution in [3.8, 4) is 0 Å². The summed E-state index contributed by atoms with van der Waals surface area (Å²) in [4.78, 5) is 21.2. The Morgan fingerprint density at radius 3 is 2.80 bits per heavy atom. The highest BCUT2D eigenvalue weighted by molar-refractivity contribution is 6.30. The van der Waals surface area contributed by atoms with Crippen molar-refractivity contribution in [2.45, 2.75) is 50.5 Å². The van der Waals surface area contributed by atoms with Crippen molar-refractivity contribution in [1.82, 2.24) is 20.4 Å². The number of hydrogen-bond donors (Lipinski definition) is 2. The lowest BCUT2D eigenvalue weighted by atomic mass is 9.96. The smallest absolute Gasteiger partial charge is 0.239 e. The van der Waals surface area contributed by atoms with Crippen LogP contribution >= 0.6 is 11.6 Å². The molecule has 0 radical (unpaired) electrons. The van der Waals surface area contributed by atoms with E-state index in [9.17, 15) is 4.79 Å². The van der Waals surface area contributed by atoms with E-state index in [1.807, 2.05) is 26.2 Å². The quantitative estimate of drug-likeness (QED) is 0.357. The molecule has 0 spiro atoms. The van der Waals surface area contributed by atoms with E-state index in [1.165, 1.54) is 5.56 Å². The Labute approximate surface area is 186 Å². The molecule has 1 unspecified atom stereocenters. The summed E-state index contributed by atoms with van der Waals surface area (Å²) in [5, 5.41) is 7.61. The number of halogens is 1. The van der Waals surface area contributed by atoms with E-state index in [4.69, 9.17) is 16.6 Å². The molecular formula is C23H36ClN5O. The highest BCUT2D eigenvalue weighted by Gasteiger charge is 2.44. The van der Waals surface area contributed by atoms with Gasteiger partial charge in [0, 0.05) is 44.2 Å². The van der Waals surface area contributed by atoms with Gasteiger partial charge in [-0.3, -0.25) is 14.7 Å². The fourth-order valence-electron chi connectivity index (χ4n) is 4.24. The molecule has 0 bridgehead atoms. The Hall–Kier alpha value is -1.79. The Morgan fingerprint density at radius 1 is 1.33 bits per heavy atom. The van der Waals surface area contributed by atoms with Crippen molar-refractivity contribution in [2.24, 2.45) is 4.99 Å². The van der Waals surface area contributed by atoms with Crippen molar-refractivity contribution in [3.63, 3.8) is 0 Å². The summed E-state index contributed by atoms with van der Waals surface area (Å²) in [7, 11) is 3.69. The fraction of sp³-hybridized carbons (Fsp3) is 0.652. The van der Waals surface area contributed by atoms with Gasteiger partial charge in [-0.1, -0.05) is 23.7 Å². The summed E-state index contributed by atoms with van der Waals surface area (Å²) in [5.74, 6) is 1.10. The molecule has 1 saturated carbocycles. The molecule has 2 aliphatic rings. The first-order valence-electron chi connectivity index (χ1n) is 11.2. The lowest BCUT2D eigenvalue weighted by Gasteiger charge is -2.26. The molecule has 6 nitrogen and oxygen atoms in total. The van der Waals surface area contributed by atoms with Crippen LogP contribution in [-0.2, 0) is 10.2 Å². The van der Waals surface area contributed by atoms with Gasteiger partial charge in [-0.2, -0.15) is 0 Å². The fourth-order valence-corrected chi connectivity index (χ4v) is 4.43. The molecular weight excluding hydrogens is 398 g/mol. The van der Waals surface area contributed by atoms with E-state index in [-0.39, 0.29) is 17.4 Å². The summed E-state index contributed by atoms with van der Waals surface area (Å²) < 4.78 is 0. The number of rotatable bonds is 9. The Bertz CT molecular complexity index is 747. The van der Waals surface area contributed by atoms with Gasteiger partial charge in [-0.25, -0.2) is 0 Å². The molecule has 0 aromatic heterocycles. The number of guanidine groups is 1. The van der Waals surface area contributed by atoms with Crippen molar-refractivity contribution >= 4 is 23.5 Å². The van der Waals surface area contributed by atoms with E-state index in [0.717, 1.165) is 75.8 Å². The SMILES string of the molecule is CCNC(=NCC1(c2cccc(Cl)c2)CC1)NCCCN1CCCC1C(=O)N(C)C. The molecule has 1 amide bonds. The number of benzene rings is 1. The third-order valence-corrected chi connectivity index (χ3v) is 6.41. The minimum absolute atomic E-state index is 0.0503. The maximum absolute atomic E-state index is 12.3. The van der Waals surface area contributed by atoms with Crippen LogP contribution in [0.1, 0.15) is 44.6 Å². The zero-order chi connectivity index (χ0) is 21.6. The predicted octanol–water partition coefficient (Wildman–Crippen LogP) is 2.87. The normalized spacial score (nSPS) is 20.8. The number of nitrogens with zero attached hydrogens (tertiary/aromatic N) is 3. The summed E-state index contributed by atoms with van der Waals surface area (Å²) in [6, 6.07) is 8.24. The molecule has 1 aromatic rings. The molecule has 166 valence electrons. The van der Waals surface area contributed by atoms with Crippen molar-refractivity contribution in [3.05, 3.63) is 34.9 Å². The van der Waals surface area contributed by atoms with Crippen LogP contribution in [0.15, 0.2) is 29.3 Å². The van der Waals surface area contributed by atoms with Gasteiger partial charge in [0.2, 0.25) is 5.91 Å². The lowest BCUT2D eigenvalue weighted by Crippen LogP contribution is -2.44. The van der Waals surface area contributed by atoms with E-state index >= 15 is 0 Å². The summed E-state index contributed by atoms with van der Waals surface area (Å²) in [5.41, 5.74) is 1.43. The summed E-state index contributed by atoms with van der Waals surface area (Å²) >= 11 is 6.19. The first-order chi connectivity index (χ1) is 14.4. The number of aliphatic imine (C=N–C) groups is 1. The lowest BCUT2D eigenvalue weighted by molar-refractivity contribution is -0.133. The second-order valence-electron chi connectivity index (χ2n) is 8.69. The number of likely N-dealkylation sites (N-methyl/N-ethyl adjacent to an activating group) is 1. The van der Waals surface area contributed by atoms with E-state index in [0.29, 0.717) is 0 Å². The van der Waals surface area contributed by atoms with Gasteiger partial charge < -0.3 is 15.5 Å². The Kier molecular flexibility index (Phi) is 8.00. The van der Waals surface area contributed by atoms with Gasteiger partial charge in [-0.05, 0) is 63.3 Å². The van der Waals surface area contributed by atoms with Gasteiger partial charge in [0.1, 0.15) is 0 Å². The largest absolute Gasteiger partial charge is 0.357 e. The van der Waals surface area contributed by atoms with Crippen LogP contribution in [0.4, 0.5) is 0 Å². The number of nitrogens with one attached hydrogen (secondary N) is 2. The molecule has 1 aliphatic heterocycles. The topological polar surface area (TPSA) is 60.0 Å². The third-order valence-electron chi connectivity index (χ3n) is 6.18. The number of carbonyl (C=O) groups is 1. The van der Waals surface area contributed by atoms with Crippen LogP contribution in [0.25, 0.3) is 0 Å². The molecule has 2 N–H and O–H groups in total. The Morgan fingerprint density at radius 2 is 2.13 bits per heavy atom. The number of hydrogen-bond acceptors (Lipinski definition) is 3. The standard InChI is InChI=1S/C23H36ClN5O/c1-4-25-22(27-17-23(11-12-23)18-8-5-9-19(24)16-18)26-13-7-15-29-14-6-10-20(29)21(30)28(2)3/h5,8-9,16,20H,4,6-7,10-15,17H2,1-3H3,(H2,25,26,27). The van der Waals surface area contributed by atoms with Crippen LogP contribution in [0.2, 0.25) is 5.02 Å². The third kappa shape index (κ3) is 5.88. The second kappa shape index (κ2) is 10.5. The average molecular weight is 434 g/mol. The van der Waals surface area contributed by atoms with E-state index in [1.54, 1.807) is 4.90 Å². The molecule has 3 rings (SSSR count).